The van der Waals surface area contributed by atoms with E-state index in [2.05, 4.69) is 138 Å². The highest BCUT2D eigenvalue weighted by atomic mass is 14.6. The topological polar surface area (TPSA) is 0 Å². The van der Waals surface area contributed by atoms with Gasteiger partial charge in [-0.2, -0.15) is 0 Å². The van der Waals surface area contributed by atoms with Gasteiger partial charge in [0.05, 0.1) is 0 Å². The minimum atomic E-state index is -1.06. The zero-order valence-corrected chi connectivity index (χ0v) is 85.2. The fourth-order valence-electron chi connectivity index (χ4n) is 26.8. The summed E-state index contributed by atoms with van der Waals surface area (Å²) in [5, 5.41) is 0. The first-order valence-corrected chi connectivity index (χ1v) is 52.0. The molecule has 0 amide bonds. The van der Waals surface area contributed by atoms with Crippen molar-refractivity contribution in [2.24, 2.45) is 160 Å². The van der Waals surface area contributed by atoms with Crippen LogP contribution in [0.15, 0.2) is 0 Å². The molecule has 8 bridgehead atoms. The van der Waals surface area contributed by atoms with E-state index in [1.54, 1.807) is 104 Å². The van der Waals surface area contributed by atoms with Crippen LogP contribution >= 0.6 is 0 Å². The van der Waals surface area contributed by atoms with E-state index in [0.717, 1.165) is 117 Å². The Kier molecular flexibility index (Phi) is 41.4. The van der Waals surface area contributed by atoms with E-state index in [4.69, 9.17) is 8.22 Å². The van der Waals surface area contributed by atoms with Crippen LogP contribution < -0.4 is 0 Å². The van der Waals surface area contributed by atoms with Gasteiger partial charge in [-0.25, -0.2) is 0 Å². The molecule has 19 aliphatic rings. The molecule has 4 spiro atoms. The van der Waals surface area contributed by atoms with E-state index in [1.165, 1.54) is 225 Å². The number of hydrogen-bond donors (Lipinski definition) is 0. The molecule has 0 aromatic heterocycles. The van der Waals surface area contributed by atoms with E-state index in [-0.39, 0.29) is 23.1 Å². The van der Waals surface area contributed by atoms with E-state index in [9.17, 15) is 0 Å². The van der Waals surface area contributed by atoms with Crippen molar-refractivity contribution >= 4 is 0 Å². The molecule has 19 saturated carbocycles. The Labute approximate surface area is 732 Å². The van der Waals surface area contributed by atoms with Crippen molar-refractivity contribution in [3.05, 3.63) is 0 Å². The van der Waals surface area contributed by atoms with Gasteiger partial charge in [0.2, 0.25) is 0 Å². The lowest BCUT2D eigenvalue weighted by molar-refractivity contribution is -0.0545. The lowest BCUT2D eigenvalue weighted by Gasteiger charge is -2.56. The fourth-order valence-corrected chi connectivity index (χ4v) is 26.8. The SMILES string of the molecule is CC.CC(C)(C)C.CC1C2CCC(CC2)[C@H]1C.CC1CCC2(CC1)CC(C)(C)CC(C)(C)C2.CC1CCC2(CC1)CCC(C)(C)CC2.CC1CCC2(CCCC2)CC1.CC1CCC2(CCCCC2)CC1.CCC12CC3CC(CC(C3)C1)C2.C[C@@H]1C2CCC(CC2)C1(C)C.[2H]C(C)(C)C.[2H]C([2H])(C)C(C)(C)C.[2H]C([2H])(C)C(C)C.[2H]C1(C)CCCC1. The number of fused-ring (bicyclic) bond motifs is 6. The average Bonchev–Trinajstić information content (AvgIpc) is 0.827. The highest BCUT2D eigenvalue weighted by Gasteiger charge is 2.52. The van der Waals surface area contributed by atoms with Gasteiger partial charge in [0.15, 0.2) is 0 Å². The van der Waals surface area contributed by atoms with Crippen molar-refractivity contribution in [2.75, 3.05) is 0 Å². The molecule has 114 heavy (non-hydrogen) atoms. The van der Waals surface area contributed by atoms with Gasteiger partial charge in [-0.15, -0.1) is 0 Å². The van der Waals surface area contributed by atoms with Crippen LogP contribution in [-0.4, -0.2) is 0 Å². The summed E-state index contributed by atoms with van der Waals surface area (Å²) < 4.78 is 43.0. The van der Waals surface area contributed by atoms with Crippen LogP contribution in [0, 0.1) is 160 Å². The highest BCUT2D eigenvalue weighted by Crippen LogP contribution is 2.63. The Morgan fingerprint density at radius 3 is 0.877 bits per heavy atom. The molecular weight excluding hydrogens is 1370 g/mol. The molecule has 1 unspecified atom stereocenters. The molecular formula is C114H222. The maximum atomic E-state index is 7.49. The van der Waals surface area contributed by atoms with Crippen LogP contribution in [0.4, 0.5) is 0 Å². The van der Waals surface area contributed by atoms with E-state index < -0.39 is 12.7 Å². The van der Waals surface area contributed by atoms with E-state index in [1.807, 2.05) is 76.2 Å². The Hall–Kier alpha value is 0. The van der Waals surface area contributed by atoms with E-state index >= 15 is 0 Å². The molecule has 0 N–H and O–H groups in total. The molecule has 0 aliphatic heterocycles. The molecule has 19 aliphatic carbocycles. The Morgan fingerprint density at radius 2 is 0.640 bits per heavy atom. The lowest BCUT2D eigenvalue weighted by atomic mass is 9.49. The number of rotatable bonds is 2. The average molecular weight is 1600 g/mol. The summed E-state index contributed by atoms with van der Waals surface area (Å²) in [5.74, 6) is 14.7. The molecule has 0 nitrogen and oxygen atoms in total. The van der Waals surface area contributed by atoms with Gasteiger partial charge in [-0.1, -0.05) is 357 Å². The maximum Gasteiger partial charge on any atom is 0.0300 e. The van der Waals surface area contributed by atoms with Crippen molar-refractivity contribution in [3.8, 4) is 0 Å². The van der Waals surface area contributed by atoms with Crippen LogP contribution in [0.3, 0.4) is 0 Å². The summed E-state index contributed by atoms with van der Waals surface area (Å²) in [6.07, 6.45) is 74.5. The van der Waals surface area contributed by atoms with Crippen molar-refractivity contribution in [1.29, 1.82) is 0 Å². The van der Waals surface area contributed by atoms with Gasteiger partial charge in [0.1, 0.15) is 0 Å². The van der Waals surface area contributed by atoms with Crippen molar-refractivity contribution < 1.29 is 8.22 Å². The first-order valence-electron chi connectivity index (χ1n) is 55.0. The Balaban J connectivity index is 0.000000278. The second kappa shape index (κ2) is 49.0. The summed E-state index contributed by atoms with van der Waals surface area (Å²) in [4.78, 5) is 0. The van der Waals surface area contributed by atoms with E-state index in [0.29, 0.717) is 32.5 Å². The van der Waals surface area contributed by atoms with Crippen molar-refractivity contribution in [3.63, 3.8) is 0 Å². The molecule has 0 radical (unpaired) electrons. The van der Waals surface area contributed by atoms with Crippen LogP contribution in [-0.2, 0) is 0 Å². The zero-order chi connectivity index (χ0) is 91.2. The van der Waals surface area contributed by atoms with Crippen LogP contribution in [0.2, 0.25) is 0 Å². The van der Waals surface area contributed by atoms with Crippen LogP contribution in [0.5, 0.6) is 0 Å². The lowest BCUT2D eigenvalue weighted by Crippen LogP contribution is -2.45. The molecule has 0 heterocycles. The second-order valence-electron chi connectivity index (χ2n) is 51.5. The quantitative estimate of drug-likeness (QED) is 0.259. The first kappa shape index (κ1) is 96.2. The van der Waals surface area contributed by atoms with Crippen molar-refractivity contribution in [2.45, 2.75) is 569 Å². The van der Waals surface area contributed by atoms with Gasteiger partial charge in [-0.3, -0.25) is 0 Å². The molecule has 678 valence electrons. The normalized spacial score (nSPS) is 35.2. The Bertz CT molecular complexity index is 2560. The minimum Gasteiger partial charge on any atom is -0.0683 e. The minimum absolute atomic E-state index is 0.0556. The smallest absolute Gasteiger partial charge is 0.0300 e. The van der Waals surface area contributed by atoms with Gasteiger partial charge >= 0.3 is 0 Å². The summed E-state index contributed by atoms with van der Waals surface area (Å²) >= 11 is 0. The molecule has 0 saturated heterocycles. The first-order chi connectivity index (χ1) is 55.0. The molecule has 3 atom stereocenters. The summed E-state index contributed by atoms with van der Waals surface area (Å²) in [6.45, 7) is 72.3. The van der Waals surface area contributed by atoms with Gasteiger partial charge in [0, 0.05) is 8.22 Å². The fraction of sp³-hybridized carbons (Fsp3) is 1.00. The third kappa shape index (κ3) is 38.6. The standard InChI is InChI=1S/C16H30.C14H26.C12H20.C12H22.2C11H20.C10H18.C6H12.C6H14.2C5H12.C4H10.C2H6/c1-13-6-8-16(9-7-13)11-14(2,3)10-15(4,5)12-16;1-12-4-6-14(7-5-12)10-8-13(2,3)9-11-14;1-2-12-6-9-3-10(7-12)5-11(4-9)8-12;1-11-5-9-12(10-6-11)7-3-2-4-8-12;1-8-9-4-6-10(7-5-9)11(8,2)3;1-10-4-8-11(9-5-10)6-2-3-7-11;1-7-8(2)10-5-3-9(7)4-6-10;1-6-4-2-3-5-6;1-5-6(2,3)4;1-5(2,3)4;1-4-5(2)3;1-4(2)3;1-2/h13H,6-12H2,1-5H3;12H,4-11H2,1-3H3;9-11H,2-8H2,1H3;11H,2-10H2,1H3;8-10H,4-7H2,1-3H3;10H,2-9H2,1H3;7-10H,3-6H2,1-2H3;6H,2-5H2,1H3;5H2,1-4H3;1-4H3;5H,4H2,1-3H3;4H,1-3H3;1-2H3/t;;;;8-,9?,10?;;7-,8?,9?,10?;;;;;;/m....1.0....../s1/i;;;;;;;6D;5D2;;4D2;4D;. The van der Waals surface area contributed by atoms with Crippen molar-refractivity contribution in [1.82, 2.24) is 0 Å². The molecule has 19 fully saturated rings. The molecule has 0 heteroatoms. The monoisotopic (exact) mass is 1600 g/mol. The largest absolute Gasteiger partial charge is 0.0683 e. The molecule has 19 rings (SSSR count). The maximum absolute atomic E-state index is 7.49. The summed E-state index contributed by atoms with van der Waals surface area (Å²) in [5.41, 5.74) is 6.75. The predicted octanol–water partition coefficient (Wildman–Crippen LogP) is 39.7. The third-order valence-corrected chi connectivity index (χ3v) is 34.8. The van der Waals surface area contributed by atoms with Crippen LogP contribution in [0.1, 0.15) is 577 Å². The summed E-state index contributed by atoms with van der Waals surface area (Å²) in [7, 11) is 0. The molecule has 0 aromatic rings. The second-order valence-corrected chi connectivity index (χ2v) is 51.5. The third-order valence-electron chi connectivity index (χ3n) is 34.8. The predicted molar refractivity (Wildman–Crippen MR) is 518 cm³/mol. The molecule has 0 aromatic carbocycles. The van der Waals surface area contributed by atoms with Gasteiger partial charge < -0.3 is 0 Å². The van der Waals surface area contributed by atoms with Gasteiger partial charge in [0.25, 0.3) is 0 Å². The Morgan fingerprint density at radius 1 is 0.360 bits per heavy atom. The number of hydrogen-bond acceptors (Lipinski definition) is 0. The van der Waals surface area contributed by atoms with Crippen LogP contribution in [0.25, 0.3) is 0 Å². The summed E-state index contributed by atoms with van der Waals surface area (Å²) in [6, 6.07) is 0. The zero-order valence-electron chi connectivity index (χ0n) is 91.2. The highest BCUT2D eigenvalue weighted by molar-refractivity contribution is 5.03. The van der Waals surface area contributed by atoms with Gasteiger partial charge in [-0.05, 0) is 372 Å².